The van der Waals surface area contributed by atoms with Gasteiger partial charge in [0, 0.05) is 19.5 Å². The third-order valence-electron chi connectivity index (χ3n) is 2.42. The van der Waals surface area contributed by atoms with Crippen LogP contribution in [0.4, 0.5) is 0 Å². The summed E-state index contributed by atoms with van der Waals surface area (Å²) in [5.41, 5.74) is 0. The Balaban J connectivity index is 2.09. The molecule has 1 aliphatic heterocycles. The van der Waals surface area contributed by atoms with E-state index < -0.39 is 0 Å². The molecule has 0 bridgehead atoms. The third kappa shape index (κ3) is 3.74. The SMILES string of the molecule is CN1CCC(CNC(=O)CCO)C1. The molecule has 4 heteroatoms. The Kier molecular flexibility index (Phi) is 4.18. The summed E-state index contributed by atoms with van der Waals surface area (Å²) in [6.45, 7) is 2.89. The van der Waals surface area contributed by atoms with Crippen molar-refractivity contribution in [2.75, 3.05) is 33.3 Å². The first-order chi connectivity index (χ1) is 6.22. The molecule has 0 aromatic heterocycles. The van der Waals surface area contributed by atoms with Crippen LogP contribution in [0.25, 0.3) is 0 Å². The van der Waals surface area contributed by atoms with Crippen molar-refractivity contribution in [1.82, 2.24) is 10.2 Å². The van der Waals surface area contributed by atoms with E-state index in [-0.39, 0.29) is 18.9 Å². The molecular formula is C9H18N2O2. The Labute approximate surface area is 78.9 Å². The lowest BCUT2D eigenvalue weighted by atomic mass is 10.1. The lowest BCUT2D eigenvalue weighted by Gasteiger charge is -2.11. The number of amides is 1. The van der Waals surface area contributed by atoms with Crippen molar-refractivity contribution in [1.29, 1.82) is 0 Å². The standard InChI is InChI=1S/C9H18N2O2/c1-11-4-2-8(7-11)6-10-9(13)3-5-12/h8,12H,2-7H2,1H3,(H,10,13). The molecule has 13 heavy (non-hydrogen) atoms. The predicted octanol–water partition coefficient (Wildman–Crippen LogP) is -0.563. The maximum absolute atomic E-state index is 11.0. The zero-order valence-electron chi connectivity index (χ0n) is 8.12. The number of aliphatic hydroxyl groups is 1. The van der Waals surface area contributed by atoms with Gasteiger partial charge in [-0.05, 0) is 25.9 Å². The van der Waals surface area contributed by atoms with E-state index in [0.717, 1.165) is 26.1 Å². The first-order valence-corrected chi connectivity index (χ1v) is 4.78. The lowest BCUT2D eigenvalue weighted by Crippen LogP contribution is -2.30. The van der Waals surface area contributed by atoms with Crippen LogP contribution >= 0.6 is 0 Å². The number of hydrogen-bond acceptors (Lipinski definition) is 3. The molecule has 1 fully saturated rings. The molecule has 2 N–H and O–H groups in total. The average Bonchev–Trinajstić information content (AvgIpc) is 2.49. The van der Waals surface area contributed by atoms with Crippen molar-refractivity contribution in [2.24, 2.45) is 5.92 Å². The summed E-state index contributed by atoms with van der Waals surface area (Å²) < 4.78 is 0. The van der Waals surface area contributed by atoms with Crippen LogP contribution in [-0.2, 0) is 4.79 Å². The highest BCUT2D eigenvalue weighted by Crippen LogP contribution is 2.12. The fourth-order valence-corrected chi connectivity index (χ4v) is 1.64. The molecule has 0 aliphatic carbocycles. The number of rotatable bonds is 4. The van der Waals surface area contributed by atoms with Gasteiger partial charge in [0.15, 0.2) is 0 Å². The number of carbonyl (C=O) groups excluding carboxylic acids is 1. The van der Waals surface area contributed by atoms with Gasteiger partial charge in [-0.15, -0.1) is 0 Å². The largest absolute Gasteiger partial charge is 0.396 e. The van der Waals surface area contributed by atoms with Gasteiger partial charge in [0.2, 0.25) is 5.91 Å². The summed E-state index contributed by atoms with van der Waals surface area (Å²) in [5.74, 6) is 0.546. The second-order valence-corrected chi connectivity index (χ2v) is 3.69. The van der Waals surface area contributed by atoms with Gasteiger partial charge in [-0.1, -0.05) is 0 Å². The minimum atomic E-state index is -0.0591. The van der Waals surface area contributed by atoms with E-state index in [1.165, 1.54) is 0 Å². The predicted molar refractivity (Wildman–Crippen MR) is 50.3 cm³/mol. The lowest BCUT2D eigenvalue weighted by molar-refractivity contribution is -0.121. The maximum Gasteiger partial charge on any atom is 0.222 e. The van der Waals surface area contributed by atoms with E-state index in [1.54, 1.807) is 0 Å². The van der Waals surface area contributed by atoms with Crippen molar-refractivity contribution < 1.29 is 9.90 Å². The van der Waals surface area contributed by atoms with Gasteiger partial charge in [0.25, 0.3) is 0 Å². The highest BCUT2D eigenvalue weighted by atomic mass is 16.3. The Hall–Kier alpha value is -0.610. The third-order valence-corrected chi connectivity index (χ3v) is 2.42. The Morgan fingerprint density at radius 1 is 1.69 bits per heavy atom. The molecule has 1 atom stereocenters. The summed E-state index contributed by atoms with van der Waals surface area (Å²) in [5, 5.41) is 11.3. The molecule has 1 heterocycles. The van der Waals surface area contributed by atoms with Gasteiger partial charge in [0.1, 0.15) is 0 Å². The van der Waals surface area contributed by atoms with Crippen LogP contribution in [0.5, 0.6) is 0 Å². The van der Waals surface area contributed by atoms with Crippen molar-refractivity contribution in [3.05, 3.63) is 0 Å². The molecule has 0 radical (unpaired) electrons. The van der Waals surface area contributed by atoms with Gasteiger partial charge >= 0.3 is 0 Å². The summed E-state index contributed by atoms with van der Waals surface area (Å²) in [7, 11) is 2.09. The zero-order chi connectivity index (χ0) is 9.68. The summed E-state index contributed by atoms with van der Waals surface area (Å²) in [6.07, 6.45) is 1.39. The fraction of sp³-hybridized carbons (Fsp3) is 0.889. The number of carbonyl (C=O) groups is 1. The van der Waals surface area contributed by atoms with Crippen LogP contribution in [0.1, 0.15) is 12.8 Å². The van der Waals surface area contributed by atoms with Crippen LogP contribution in [0.2, 0.25) is 0 Å². The van der Waals surface area contributed by atoms with Gasteiger partial charge in [-0.3, -0.25) is 4.79 Å². The van der Waals surface area contributed by atoms with Crippen LogP contribution in [-0.4, -0.2) is 49.2 Å². The molecule has 76 valence electrons. The van der Waals surface area contributed by atoms with Crippen molar-refractivity contribution in [3.63, 3.8) is 0 Å². The molecule has 1 rings (SSSR count). The van der Waals surface area contributed by atoms with Crippen LogP contribution in [0.3, 0.4) is 0 Å². The summed E-state index contributed by atoms with van der Waals surface area (Å²) in [6, 6.07) is 0. The Bertz CT molecular complexity index is 173. The molecule has 0 saturated carbocycles. The monoisotopic (exact) mass is 186 g/mol. The minimum absolute atomic E-state index is 0.0444. The summed E-state index contributed by atoms with van der Waals surface area (Å²) in [4.78, 5) is 13.3. The Morgan fingerprint density at radius 3 is 3.00 bits per heavy atom. The average molecular weight is 186 g/mol. The number of likely N-dealkylation sites (tertiary alicyclic amines) is 1. The zero-order valence-corrected chi connectivity index (χ0v) is 8.12. The van der Waals surface area contributed by atoms with Gasteiger partial charge < -0.3 is 15.3 Å². The molecule has 0 aromatic carbocycles. The van der Waals surface area contributed by atoms with Gasteiger partial charge in [-0.25, -0.2) is 0 Å². The normalized spacial score (nSPS) is 23.4. The van der Waals surface area contributed by atoms with Gasteiger partial charge in [-0.2, -0.15) is 0 Å². The highest BCUT2D eigenvalue weighted by Gasteiger charge is 2.19. The highest BCUT2D eigenvalue weighted by molar-refractivity contribution is 5.75. The second-order valence-electron chi connectivity index (χ2n) is 3.69. The van der Waals surface area contributed by atoms with Crippen LogP contribution in [0.15, 0.2) is 0 Å². The first-order valence-electron chi connectivity index (χ1n) is 4.78. The minimum Gasteiger partial charge on any atom is -0.396 e. The van der Waals surface area contributed by atoms with E-state index in [2.05, 4.69) is 17.3 Å². The molecule has 4 nitrogen and oxygen atoms in total. The number of aliphatic hydroxyl groups excluding tert-OH is 1. The quantitative estimate of drug-likeness (QED) is 0.618. The van der Waals surface area contributed by atoms with Crippen LogP contribution in [0, 0.1) is 5.92 Å². The maximum atomic E-state index is 11.0. The first kappa shape index (κ1) is 10.5. The molecule has 0 spiro atoms. The molecular weight excluding hydrogens is 168 g/mol. The number of nitrogens with one attached hydrogen (secondary N) is 1. The summed E-state index contributed by atoms with van der Waals surface area (Å²) >= 11 is 0. The van der Waals surface area contributed by atoms with E-state index in [1.807, 2.05) is 0 Å². The topological polar surface area (TPSA) is 52.6 Å². The molecule has 1 aliphatic rings. The molecule has 1 saturated heterocycles. The number of nitrogens with zero attached hydrogens (tertiary/aromatic N) is 1. The van der Waals surface area contributed by atoms with E-state index in [0.29, 0.717) is 5.92 Å². The second kappa shape index (κ2) is 5.19. The van der Waals surface area contributed by atoms with Crippen molar-refractivity contribution >= 4 is 5.91 Å². The fourth-order valence-electron chi connectivity index (χ4n) is 1.64. The van der Waals surface area contributed by atoms with Crippen LogP contribution < -0.4 is 5.32 Å². The molecule has 1 amide bonds. The van der Waals surface area contributed by atoms with E-state index in [4.69, 9.17) is 5.11 Å². The van der Waals surface area contributed by atoms with E-state index >= 15 is 0 Å². The molecule has 1 unspecified atom stereocenters. The Morgan fingerprint density at radius 2 is 2.46 bits per heavy atom. The van der Waals surface area contributed by atoms with Crippen molar-refractivity contribution in [3.8, 4) is 0 Å². The number of hydrogen-bond donors (Lipinski definition) is 2. The van der Waals surface area contributed by atoms with E-state index in [9.17, 15) is 4.79 Å². The molecule has 0 aromatic rings. The smallest absolute Gasteiger partial charge is 0.222 e. The van der Waals surface area contributed by atoms with Crippen molar-refractivity contribution in [2.45, 2.75) is 12.8 Å². The van der Waals surface area contributed by atoms with Gasteiger partial charge in [0.05, 0.1) is 6.61 Å².